The number of hydrogen-bond donors (Lipinski definition) is 1. The molecule has 0 bridgehead atoms. The molecule has 122 valence electrons. The second-order valence-corrected chi connectivity index (χ2v) is 6.74. The van der Waals surface area contributed by atoms with E-state index in [1.807, 2.05) is 13.8 Å². The lowest BCUT2D eigenvalue weighted by Gasteiger charge is -2.16. The van der Waals surface area contributed by atoms with Crippen molar-refractivity contribution in [2.24, 2.45) is 0 Å². The van der Waals surface area contributed by atoms with Gasteiger partial charge in [0.1, 0.15) is 16.9 Å². The molecule has 4 nitrogen and oxygen atoms in total. The summed E-state index contributed by atoms with van der Waals surface area (Å²) in [6.45, 7) is 4.52. The van der Waals surface area contributed by atoms with E-state index in [9.17, 15) is 9.18 Å². The number of amides is 1. The minimum absolute atomic E-state index is 0.0638. The Hall–Kier alpha value is -1.79. The second-order valence-electron chi connectivity index (χ2n) is 5.71. The molecule has 1 aromatic carbocycles. The molecular weight excluding hydrogens is 315 g/mol. The zero-order valence-corrected chi connectivity index (χ0v) is 14.0. The average molecular weight is 334 g/mol. The van der Waals surface area contributed by atoms with Crippen LogP contribution in [0.5, 0.6) is 0 Å². The third kappa shape index (κ3) is 3.59. The fourth-order valence-corrected chi connectivity index (χ4v) is 3.76. The van der Waals surface area contributed by atoms with Gasteiger partial charge in [-0.15, -0.1) is 11.3 Å². The Bertz CT molecular complexity index is 693. The maximum atomic E-state index is 13.0. The first-order valence-corrected chi connectivity index (χ1v) is 8.51. The van der Waals surface area contributed by atoms with Gasteiger partial charge in [-0.2, -0.15) is 0 Å². The third-order valence-corrected chi connectivity index (χ3v) is 5.29. The number of aryl methyl sites for hydroxylation is 1. The second kappa shape index (κ2) is 6.76. The monoisotopic (exact) mass is 334 g/mol. The topological polar surface area (TPSA) is 51.2 Å². The number of hydrogen-bond acceptors (Lipinski definition) is 4. The number of rotatable bonds is 4. The van der Waals surface area contributed by atoms with Gasteiger partial charge in [0.25, 0.3) is 0 Å². The SMILES string of the molecule is Cc1nc(-c2ccc(F)cc2)sc1[C@H](C)NC(=O)[C@H]1CCCO1. The Morgan fingerprint density at radius 2 is 2.17 bits per heavy atom. The first-order chi connectivity index (χ1) is 11.0. The van der Waals surface area contributed by atoms with Crippen LogP contribution in [-0.2, 0) is 9.53 Å². The number of ether oxygens (including phenoxy) is 1. The van der Waals surface area contributed by atoms with Crippen molar-refractivity contribution in [1.29, 1.82) is 0 Å². The fourth-order valence-electron chi connectivity index (χ4n) is 2.68. The van der Waals surface area contributed by atoms with Gasteiger partial charge in [-0.1, -0.05) is 0 Å². The van der Waals surface area contributed by atoms with Gasteiger partial charge in [-0.05, 0) is 51.0 Å². The van der Waals surface area contributed by atoms with Gasteiger partial charge in [0.05, 0.1) is 16.6 Å². The van der Waals surface area contributed by atoms with Gasteiger partial charge < -0.3 is 10.1 Å². The van der Waals surface area contributed by atoms with Crippen LogP contribution in [0.4, 0.5) is 4.39 Å². The summed E-state index contributed by atoms with van der Waals surface area (Å²) in [5, 5.41) is 3.83. The predicted octanol–water partition coefficient (Wildman–Crippen LogP) is 3.61. The van der Waals surface area contributed by atoms with E-state index in [1.54, 1.807) is 12.1 Å². The molecule has 1 aromatic heterocycles. The highest BCUT2D eigenvalue weighted by Crippen LogP contribution is 2.32. The van der Waals surface area contributed by atoms with Crippen molar-refractivity contribution in [3.8, 4) is 10.6 Å². The van der Waals surface area contributed by atoms with Crippen molar-refractivity contribution in [3.05, 3.63) is 40.7 Å². The molecule has 1 N–H and O–H groups in total. The maximum Gasteiger partial charge on any atom is 0.249 e. The standard InChI is InChI=1S/C17H19FN2O2S/c1-10(19-16(21)14-4-3-9-22-14)15-11(2)20-17(23-15)12-5-7-13(18)8-6-12/h5-8,10,14H,3-4,9H2,1-2H3,(H,19,21)/t10-,14+/m0/s1. The van der Waals surface area contributed by atoms with E-state index in [0.717, 1.165) is 34.0 Å². The maximum absolute atomic E-state index is 13.0. The van der Waals surface area contributed by atoms with Gasteiger partial charge >= 0.3 is 0 Å². The summed E-state index contributed by atoms with van der Waals surface area (Å²) < 4.78 is 18.4. The molecule has 0 radical (unpaired) electrons. The predicted molar refractivity (Wildman–Crippen MR) is 87.8 cm³/mol. The summed E-state index contributed by atoms with van der Waals surface area (Å²) in [5.74, 6) is -0.328. The van der Waals surface area contributed by atoms with Crippen molar-refractivity contribution >= 4 is 17.2 Å². The summed E-state index contributed by atoms with van der Waals surface area (Å²) in [5.41, 5.74) is 1.76. The average Bonchev–Trinajstić information content (AvgIpc) is 3.17. The van der Waals surface area contributed by atoms with Crippen molar-refractivity contribution in [2.75, 3.05) is 6.61 Å². The highest BCUT2D eigenvalue weighted by Gasteiger charge is 2.26. The Labute approximate surface area is 138 Å². The zero-order valence-electron chi connectivity index (χ0n) is 13.1. The molecule has 2 heterocycles. The van der Waals surface area contributed by atoms with Crippen molar-refractivity contribution in [2.45, 2.75) is 38.8 Å². The molecule has 0 unspecified atom stereocenters. The minimum atomic E-state index is -0.331. The number of nitrogens with zero attached hydrogens (tertiary/aromatic N) is 1. The van der Waals surface area contributed by atoms with Gasteiger partial charge in [-0.25, -0.2) is 9.37 Å². The number of nitrogens with one attached hydrogen (secondary N) is 1. The van der Waals surface area contributed by atoms with E-state index >= 15 is 0 Å². The molecule has 1 aliphatic heterocycles. The lowest BCUT2D eigenvalue weighted by atomic mass is 10.2. The smallest absolute Gasteiger partial charge is 0.249 e. The first kappa shape index (κ1) is 16.1. The molecule has 23 heavy (non-hydrogen) atoms. The normalized spacial score (nSPS) is 18.8. The van der Waals surface area contributed by atoms with Gasteiger partial charge in [0.15, 0.2) is 0 Å². The Morgan fingerprint density at radius 3 is 2.83 bits per heavy atom. The van der Waals surface area contributed by atoms with E-state index in [-0.39, 0.29) is 23.9 Å². The van der Waals surface area contributed by atoms with Crippen LogP contribution in [-0.4, -0.2) is 23.6 Å². The van der Waals surface area contributed by atoms with Crippen LogP contribution in [0.15, 0.2) is 24.3 Å². The lowest BCUT2D eigenvalue weighted by Crippen LogP contribution is -2.35. The number of halogens is 1. The summed E-state index contributed by atoms with van der Waals surface area (Å²) >= 11 is 1.52. The number of carbonyl (C=O) groups excluding carboxylic acids is 1. The Kier molecular flexibility index (Phi) is 4.73. The minimum Gasteiger partial charge on any atom is -0.368 e. The van der Waals surface area contributed by atoms with E-state index in [1.165, 1.54) is 23.5 Å². The lowest BCUT2D eigenvalue weighted by molar-refractivity contribution is -0.130. The van der Waals surface area contributed by atoms with E-state index in [0.29, 0.717) is 6.61 Å². The molecule has 1 amide bonds. The van der Waals surface area contributed by atoms with Crippen LogP contribution in [0.2, 0.25) is 0 Å². The fraction of sp³-hybridized carbons (Fsp3) is 0.412. The molecule has 6 heteroatoms. The zero-order chi connectivity index (χ0) is 16.4. The molecule has 1 aliphatic rings. The molecule has 0 spiro atoms. The van der Waals surface area contributed by atoms with Crippen LogP contribution in [0.25, 0.3) is 10.6 Å². The number of carbonyl (C=O) groups is 1. The number of aromatic nitrogens is 1. The summed E-state index contributed by atoms with van der Waals surface area (Å²) in [6, 6.07) is 6.15. The molecule has 3 rings (SSSR count). The number of benzene rings is 1. The van der Waals surface area contributed by atoms with Crippen LogP contribution in [0, 0.1) is 12.7 Å². The summed E-state index contributed by atoms with van der Waals surface area (Å²) in [6.07, 6.45) is 1.38. The Morgan fingerprint density at radius 1 is 1.43 bits per heavy atom. The Balaban J connectivity index is 1.74. The van der Waals surface area contributed by atoms with Crippen molar-refractivity contribution in [1.82, 2.24) is 10.3 Å². The quantitative estimate of drug-likeness (QED) is 0.929. The number of thiazole rings is 1. The summed E-state index contributed by atoms with van der Waals surface area (Å²) in [4.78, 5) is 17.7. The van der Waals surface area contributed by atoms with E-state index in [2.05, 4.69) is 10.3 Å². The van der Waals surface area contributed by atoms with Gasteiger partial charge in [0, 0.05) is 12.2 Å². The van der Waals surface area contributed by atoms with Gasteiger partial charge in [-0.3, -0.25) is 4.79 Å². The molecule has 2 atom stereocenters. The van der Waals surface area contributed by atoms with Gasteiger partial charge in [0.2, 0.25) is 5.91 Å². The van der Waals surface area contributed by atoms with Crippen LogP contribution in [0.3, 0.4) is 0 Å². The highest BCUT2D eigenvalue weighted by molar-refractivity contribution is 7.15. The first-order valence-electron chi connectivity index (χ1n) is 7.70. The van der Waals surface area contributed by atoms with E-state index in [4.69, 9.17) is 4.74 Å². The van der Waals surface area contributed by atoms with Crippen molar-refractivity contribution in [3.63, 3.8) is 0 Å². The molecule has 2 aromatic rings. The third-order valence-electron chi connectivity index (χ3n) is 3.90. The molecule has 1 fully saturated rings. The largest absolute Gasteiger partial charge is 0.368 e. The van der Waals surface area contributed by atoms with Crippen LogP contribution >= 0.6 is 11.3 Å². The highest BCUT2D eigenvalue weighted by atomic mass is 32.1. The molecule has 0 saturated carbocycles. The van der Waals surface area contributed by atoms with Crippen molar-refractivity contribution < 1.29 is 13.9 Å². The van der Waals surface area contributed by atoms with E-state index < -0.39 is 0 Å². The molecular formula is C17H19FN2O2S. The molecule has 1 saturated heterocycles. The summed E-state index contributed by atoms with van der Waals surface area (Å²) in [7, 11) is 0. The van der Waals surface area contributed by atoms with Crippen LogP contribution < -0.4 is 5.32 Å². The molecule has 0 aliphatic carbocycles. The van der Waals surface area contributed by atoms with Crippen LogP contribution in [0.1, 0.15) is 36.4 Å².